The predicted octanol–water partition coefficient (Wildman–Crippen LogP) is 11.2. The van der Waals surface area contributed by atoms with E-state index in [0.717, 1.165) is 0 Å². The number of hydrogen-bond acceptors (Lipinski definition) is 0. The number of benzene rings is 6. The molecule has 0 N–H and O–H groups in total. The highest BCUT2D eigenvalue weighted by atomic mass is 14.5. The average molecular weight is 525 g/mol. The molecule has 1 spiro atoms. The van der Waals surface area contributed by atoms with Crippen molar-refractivity contribution in [3.63, 3.8) is 0 Å². The molecule has 0 heteroatoms. The van der Waals surface area contributed by atoms with Crippen LogP contribution in [0.4, 0.5) is 0 Å². The van der Waals surface area contributed by atoms with Crippen LogP contribution in [0.15, 0.2) is 146 Å². The second kappa shape index (κ2) is 9.75. The van der Waals surface area contributed by atoms with Crippen molar-refractivity contribution in [3.05, 3.63) is 157 Å². The average Bonchev–Trinajstić information content (AvgIpc) is 3.65. The van der Waals surface area contributed by atoms with E-state index in [9.17, 15) is 0 Å². The fraction of sp³-hybridized carbons (Fsp3) is 0.122. The summed E-state index contributed by atoms with van der Waals surface area (Å²) in [5, 5.41) is 0. The van der Waals surface area contributed by atoms with Crippen LogP contribution >= 0.6 is 0 Å². The fourth-order valence-electron chi connectivity index (χ4n) is 7.63. The van der Waals surface area contributed by atoms with Gasteiger partial charge in [-0.2, -0.15) is 0 Å². The van der Waals surface area contributed by atoms with E-state index >= 15 is 0 Å². The maximum Gasteiger partial charge on any atom is 0.0227 e. The Hall–Kier alpha value is -4.68. The van der Waals surface area contributed by atoms with Crippen LogP contribution in [0.3, 0.4) is 0 Å². The molecular weight excluding hydrogens is 492 g/mol. The lowest BCUT2D eigenvalue weighted by Gasteiger charge is -2.31. The van der Waals surface area contributed by atoms with Gasteiger partial charge >= 0.3 is 0 Å². The van der Waals surface area contributed by atoms with Gasteiger partial charge in [0.2, 0.25) is 0 Å². The maximum absolute atomic E-state index is 2.49. The highest BCUT2D eigenvalue weighted by molar-refractivity contribution is 5.98. The Balaban J connectivity index is 1.51. The maximum atomic E-state index is 2.49. The van der Waals surface area contributed by atoms with Gasteiger partial charge in [0.25, 0.3) is 0 Å². The molecule has 41 heavy (non-hydrogen) atoms. The van der Waals surface area contributed by atoms with E-state index in [1.807, 2.05) is 0 Å². The third-order valence-electron chi connectivity index (χ3n) is 9.36. The molecule has 0 aromatic heterocycles. The van der Waals surface area contributed by atoms with E-state index in [1.54, 1.807) is 11.1 Å². The minimum atomic E-state index is 0.0193. The van der Waals surface area contributed by atoms with Crippen LogP contribution in [0, 0.1) is 0 Å². The Bertz CT molecular complexity index is 1710. The summed E-state index contributed by atoms with van der Waals surface area (Å²) in [6.45, 7) is 0. The van der Waals surface area contributed by atoms with Gasteiger partial charge in [0.1, 0.15) is 0 Å². The molecule has 0 radical (unpaired) electrons. The quantitative estimate of drug-likeness (QED) is 0.215. The van der Waals surface area contributed by atoms with E-state index in [-0.39, 0.29) is 5.41 Å². The van der Waals surface area contributed by atoms with E-state index < -0.39 is 0 Å². The van der Waals surface area contributed by atoms with Gasteiger partial charge in [-0.3, -0.25) is 0 Å². The fourth-order valence-corrected chi connectivity index (χ4v) is 7.63. The minimum absolute atomic E-state index is 0.0193. The van der Waals surface area contributed by atoms with Crippen molar-refractivity contribution in [2.75, 3.05) is 0 Å². The van der Waals surface area contributed by atoms with Crippen LogP contribution in [0.2, 0.25) is 0 Å². The van der Waals surface area contributed by atoms with Gasteiger partial charge in [-0.05, 0) is 104 Å². The Morgan fingerprint density at radius 2 is 0.634 bits per heavy atom. The molecule has 2 aliphatic rings. The molecular formula is C41H32. The van der Waals surface area contributed by atoms with Gasteiger partial charge in [0.05, 0.1) is 0 Å². The molecule has 6 aromatic rings. The Labute approximate surface area is 243 Å². The summed E-state index contributed by atoms with van der Waals surface area (Å²) in [7, 11) is 0. The summed E-state index contributed by atoms with van der Waals surface area (Å²) in [6, 6.07) is 53.9. The van der Waals surface area contributed by atoms with Crippen LogP contribution in [0.25, 0.3) is 55.6 Å². The Morgan fingerprint density at radius 1 is 0.317 bits per heavy atom. The largest absolute Gasteiger partial charge is 0.0622 e. The van der Waals surface area contributed by atoms with Crippen molar-refractivity contribution in [3.8, 4) is 55.6 Å². The van der Waals surface area contributed by atoms with E-state index in [4.69, 9.17) is 0 Å². The van der Waals surface area contributed by atoms with Crippen molar-refractivity contribution in [1.82, 2.24) is 0 Å². The Kier molecular flexibility index (Phi) is 5.74. The van der Waals surface area contributed by atoms with Crippen molar-refractivity contribution in [2.45, 2.75) is 31.1 Å². The SMILES string of the molecule is c1ccc(-c2cc(-c3ccccc3)c3c(c2)-c2cc(-c4ccccc4)cc(-c4ccccc4)c2C32CCCC2)cc1. The van der Waals surface area contributed by atoms with Crippen molar-refractivity contribution in [2.24, 2.45) is 0 Å². The highest BCUT2D eigenvalue weighted by Crippen LogP contribution is 2.62. The first-order valence-electron chi connectivity index (χ1n) is 14.9. The van der Waals surface area contributed by atoms with Gasteiger partial charge in [0.15, 0.2) is 0 Å². The third kappa shape index (κ3) is 3.90. The molecule has 1 fully saturated rings. The molecule has 196 valence electrons. The predicted molar refractivity (Wildman–Crippen MR) is 173 cm³/mol. The van der Waals surface area contributed by atoms with Crippen LogP contribution in [0.1, 0.15) is 36.8 Å². The lowest BCUT2D eigenvalue weighted by Crippen LogP contribution is -2.22. The first kappa shape index (κ1) is 24.1. The normalized spacial score (nSPS) is 14.6. The van der Waals surface area contributed by atoms with Gasteiger partial charge in [0, 0.05) is 5.41 Å². The summed E-state index contributed by atoms with van der Waals surface area (Å²) in [5.74, 6) is 0. The first-order chi connectivity index (χ1) is 20.3. The summed E-state index contributed by atoms with van der Waals surface area (Å²) >= 11 is 0. The zero-order valence-corrected chi connectivity index (χ0v) is 23.2. The van der Waals surface area contributed by atoms with Gasteiger partial charge in [-0.15, -0.1) is 0 Å². The van der Waals surface area contributed by atoms with Crippen LogP contribution in [-0.2, 0) is 5.41 Å². The topological polar surface area (TPSA) is 0 Å². The van der Waals surface area contributed by atoms with Crippen molar-refractivity contribution >= 4 is 0 Å². The van der Waals surface area contributed by atoms with Crippen LogP contribution < -0.4 is 0 Å². The van der Waals surface area contributed by atoms with E-state index in [0.29, 0.717) is 0 Å². The molecule has 0 bridgehead atoms. The molecule has 0 nitrogen and oxygen atoms in total. The minimum Gasteiger partial charge on any atom is -0.0622 e. The van der Waals surface area contributed by atoms with Gasteiger partial charge < -0.3 is 0 Å². The number of hydrogen-bond donors (Lipinski definition) is 0. The number of fused-ring (bicyclic) bond motifs is 5. The van der Waals surface area contributed by atoms with Crippen molar-refractivity contribution < 1.29 is 0 Å². The summed E-state index contributed by atoms with van der Waals surface area (Å²) in [4.78, 5) is 0. The highest BCUT2D eigenvalue weighted by Gasteiger charge is 2.48. The first-order valence-corrected chi connectivity index (χ1v) is 14.9. The molecule has 0 aliphatic heterocycles. The smallest absolute Gasteiger partial charge is 0.0227 e. The summed E-state index contributed by atoms with van der Waals surface area (Å²) in [6.07, 6.45) is 4.93. The summed E-state index contributed by atoms with van der Waals surface area (Å²) < 4.78 is 0. The van der Waals surface area contributed by atoms with Gasteiger partial charge in [-0.25, -0.2) is 0 Å². The molecule has 0 heterocycles. The zero-order valence-electron chi connectivity index (χ0n) is 23.2. The monoisotopic (exact) mass is 524 g/mol. The standard InChI is InChI=1S/C41H32/c1-5-15-29(16-6-1)33-25-35(31-19-9-3-10-20-31)39-37(27-33)38-28-34(30-17-7-2-8-18-30)26-36(32-21-11-4-12-22-32)40(38)41(39)23-13-14-24-41/h1-12,15-22,25-28H,13-14,23-24H2. The molecule has 6 aromatic carbocycles. The summed E-state index contributed by atoms with van der Waals surface area (Å²) in [5.41, 5.74) is 16.4. The van der Waals surface area contributed by atoms with Crippen molar-refractivity contribution in [1.29, 1.82) is 0 Å². The third-order valence-corrected chi connectivity index (χ3v) is 9.36. The molecule has 1 saturated carbocycles. The molecule has 0 unspecified atom stereocenters. The van der Waals surface area contributed by atoms with Gasteiger partial charge in [-0.1, -0.05) is 134 Å². The lowest BCUT2D eigenvalue weighted by atomic mass is 9.71. The van der Waals surface area contributed by atoms with E-state index in [2.05, 4.69) is 146 Å². The molecule has 2 aliphatic carbocycles. The molecule has 0 amide bonds. The lowest BCUT2D eigenvalue weighted by molar-refractivity contribution is 0.553. The zero-order chi connectivity index (χ0) is 27.2. The second-order valence-electron chi connectivity index (χ2n) is 11.6. The number of rotatable bonds is 4. The van der Waals surface area contributed by atoms with E-state index in [1.165, 1.54) is 81.3 Å². The molecule has 8 rings (SSSR count). The Morgan fingerprint density at radius 3 is 1.00 bits per heavy atom. The van der Waals surface area contributed by atoms with Crippen LogP contribution in [-0.4, -0.2) is 0 Å². The van der Waals surface area contributed by atoms with Crippen LogP contribution in [0.5, 0.6) is 0 Å². The second-order valence-corrected chi connectivity index (χ2v) is 11.6. The molecule has 0 saturated heterocycles. The molecule has 0 atom stereocenters.